The molecule has 0 aliphatic carbocycles. The van der Waals surface area contributed by atoms with Gasteiger partial charge in [0.15, 0.2) is 0 Å². The van der Waals surface area contributed by atoms with E-state index in [0.29, 0.717) is 13.0 Å². The van der Waals surface area contributed by atoms with Crippen LogP contribution in [-0.4, -0.2) is 18.2 Å². The molecule has 0 aromatic heterocycles. The summed E-state index contributed by atoms with van der Waals surface area (Å²) in [4.78, 5) is 11.8. The fraction of sp³-hybridized carbons (Fsp3) is 0.235. The summed E-state index contributed by atoms with van der Waals surface area (Å²) in [5, 5.41) is 3.74. The number of carbonyl (C=O) groups is 1. The lowest BCUT2D eigenvalue weighted by molar-refractivity contribution is -0.120. The zero-order valence-electron chi connectivity index (χ0n) is 11.7. The van der Waals surface area contributed by atoms with E-state index in [0.717, 1.165) is 27.7 Å². The Morgan fingerprint density at radius 3 is 2.52 bits per heavy atom. The van der Waals surface area contributed by atoms with Crippen molar-refractivity contribution in [2.75, 3.05) is 12.3 Å². The number of carbonyl (C=O) groups excluding carboxylic acids is 1. The second-order valence-electron chi connectivity index (χ2n) is 4.66. The molecule has 0 saturated heterocycles. The maximum absolute atomic E-state index is 11.8. The molecule has 0 atom stereocenters. The van der Waals surface area contributed by atoms with Gasteiger partial charge in [-0.25, -0.2) is 0 Å². The van der Waals surface area contributed by atoms with E-state index in [4.69, 9.17) is 11.6 Å². The van der Waals surface area contributed by atoms with Gasteiger partial charge in [-0.05, 0) is 17.2 Å². The van der Waals surface area contributed by atoms with Gasteiger partial charge in [0.25, 0.3) is 0 Å². The molecule has 0 spiro atoms. The minimum Gasteiger partial charge on any atom is -0.355 e. The van der Waals surface area contributed by atoms with Crippen molar-refractivity contribution in [3.8, 4) is 0 Å². The highest BCUT2D eigenvalue weighted by molar-refractivity contribution is 7.98. The second-order valence-corrected chi connectivity index (χ2v) is 6.17. The van der Waals surface area contributed by atoms with Gasteiger partial charge in [0, 0.05) is 23.1 Å². The maximum atomic E-state index is 11.8. The zero-order chi connectivity index (χ0) is 14.9. The van der Waals surface area contributed by atoms with Crippen LogP contribution in [0.25, 0.3) is 0 Å². The molecule has 110 valence electrons. The van der Waals surface area contributed by atoms with Crippen LogP contribution in [0.15, 0.2) is 54.6 Å². The van der Waals surface area contributed by atoms with Crippen molar-refractivity contribution >= 4 is 29.3 Å². The summed E-state index contributed by atoms with van der Waals surface area (Å²) in [6, 6.07) is 17.6. The Labute approximate surface area is 134 Å². The number of thioether (sulfide) groups is 1. The molecule has 0 aliphatic rings. The Morgan fingerprint density at radius 1 is 1.05 bits per heavy atom. The lowest BCUT2D eigenvalue weighted by atomic mass is 10.1. The predicted octanol–water partition coefficient (Wildman–Crippen LogP) is 3.93. The summed E-state index contributed by atoms with van der Waals surface area (Å²) in [7, 11) is 0. The van der Waals surface area contributed by atoms with Gasteiger partial charge in [0.2, 0.25) is 5.91 Å². The van der Waals surface area contributed by atoms with Crippen LogP contribution in [-0.2, 0) is 17.0 Å². The number of rotatable bonds is 7. The fourth-order valence-corrected chi connectivity index (χ4v) is 3.05. The van der Waals surface area contributed by atoms with Gasteiger partial charge in [0.05, 0.1) is 6.42 Å². The van der Waals surface area contributed by atoms with E-state index in [1.807, 2.05) is 54.6 Å². The Hall–Kier alpha value is -1.45. The number of nitrogens with one attached hydrogen (secondary N) is 1. The molecule has 1 amide bonds. The molecule has 2 aromatic carbocycles. The number of benzene rings is 2. The van der Waals surface area contributed by atoms with Gasteiger partial charge in [-0.15, -0.1) is 0 Å². The summed E-state index contributed by atoms with van der Waals surface area (Å²) < 4.78 is 0. The molecule has 1 N–H and O–H groups in total. The summed E-state index contributed by atoms with van der Waals surface area (Å²) in [5.41, 5.74) is 2.18. The highest BCUT2D eigenvalue weighted by Crippen LogP contribution is 2.20. The van der Waals surface area contributed by atoms with Crippen LogP contribution >= 0.6 is 23.4 Å². The summed E-state index contributed by atoms with van der Waals surface area (Å²) in [6.07, 6.45) is 0.440. The topological polar surface area (TPSA) is 29.1 Å². The molecule has 0 saturated carbocycles. The van der Waals surface area contributed by atoms with Gasteiger partial charge < -0.3 is 5.32 Å². The van der Waals surface area contributed by atoms with E-state index >= 15 is 0 Å². The summed E-state index contributed by atoms with van der Waals surface area (Å²) in [6.45, 7) is 0.681. The van der Waals surface area contributed by atoms with Crippen LogP contribution < -0.4 is 5.32 Å². The first-order chi connectivity index (χ1) is 10.3. The highest BCUT2D eigenvalue weighted by Gasteiger charge is 2.03. The lowest BCUT2D eigenvalue weighted by Gasteiger charge is -2.06. The van der Waals surface area contributed by atoms with Crippen LogP contribution in [0.3, 0.4) is 0 Å². The molecule has 0 radical (unpaired) electrons. The van der Waals surface area contributed by atoms with Crippen molar-refractivity contribution in [1.29, 1.82) is 0 Å². The van der Waals surface area contributed by atoms with Gasteiger partial charge in [0.1, 0.15) is 0 Å². The SMILES string of the molecule is O=C(Cc1ccccc1)NCCSCc1ccccc1Cl. The lowest BCUT2D eigenvalue weighted by Crippen LogP contribution is -2.27. The number of hydrogen-bond donors (Lipinski definition) is 1. The van der Waals surface area contributed by atoms with E-state index in [1.165, 1.54) is 0 Å². The summed E-state index contributed by atoms with van der Waals surface area (Å²) >= 11 is 7.86. The van der Waals surface area contributed by atoms with Gasteiger partial charge >= 0.3 is 0 Å². The average molecular weight is 320 g/mol. The number of hydrogen-bond acceptors (Lipinski definition) is 2. The standard InChI is InChI=1S/C17H18ClNOS/c18-16-9-5-4-8-15(16)13-21-11-10-19-17(20)12-14-6-2-1-3-7-14/h1-9H,10-13H2,(H,19,20). The third kappa shape index (κ3) is 5.82. The first-order valence-corrected chi connectivity index (χ1v) is 8.41. The average Bonchev–Trinajstić information content (AvgIpc) is 2.50. The molecule has 0 bridgehead atoms. The Balaban J connectivity index is 1.62. The van der Waals surface area contributed by atoms with Crippen molar-refractivity contribution in [2.24, 2.45) is 0 Å². The highest BCUT2D eigenvalue weighted by atomic mass is 35.5. The van der Waals surface area contributed by atoms with E-state index in [2.05, 4.69) is 5.32 Å². The summed E-state index contributed by atoms with van der Waals surface area (Å²) in [5.74, 6) is 1.82. The zero-order valence-corrected chi connectivity index (χ0v) is 13.3. The molecule has 2 aromatic rings. The van der Waals surface area contributed by atoms with Crippen molar-refractivity contribution < 1.29 is 4.79 Å². The first-order valence-electron chi connectivity index (χ1n) is 6.87. The first kappa shape index (κ1) is 15.9. The molecule has 0 unspecified atom stereocenters. The second kappa shape index (κ2) is 8.75. The molecule has 0 heterocycles. The molecule has 2 nitrogen and oxygen atoms in total. The molecular formula is C17H18ClNOS. The molecule has 2 rings (SSSR count). The predicted molar refractivity (Wildman–Crippen MR) is 90.8 cm³/mol. The Morgan fingerprint density at radius 2 is 1.76 bits per heavy atom. The third-order valence-corrected chi connectivity index (χ3v) is 4.37. The maximum Gasteiger partial charge on any atom is 0.224 e. The molecule has 0 aliphatic heterocycles. The van der Waals surface area contributed by atoms with Gasteiger partial charge in [-0.3, -0.25) is 4.79 Å². The molecule has 4 heteroatoms. The van der Waals surface area contributed by atoms with Crippen molar-refractivity contribution in [1.82, 2.24) is 5.32 Å². The minimum absolute atomic E-state index is 0.0690. The molecular weight excluding hydrogens is 302 g/mol. The minimum atomic E-state index is 0.0690. The Kier molecular flexibility index (Phi) is 6.64. The Bertz CT molecular complexity index is 574. The quantitative estimate of drug-likeness (QED) is 0.783. The van der Waals surface area contributed by atoms with Crippen molar-refractivity contribution in [2.45, 2.75) is 12.2 Å². The molecule has 21 heavy (non-hydrogen) atoms. The van der Waals surface area contributed by atoms with E-state index in [1.54, 1.807) is 11.8 Å². The van der Waals surface area contributed by atoms with Crippen LogP contribution in [0.5, 0.6) is 0 Å². The van der Waals surface area contributed by atoms with Crippen molar-refractivity contribution in [3.05, 3.63) is 70.7 Å². The van der Waals surface area contributed by atoms with Gasteiger partial charge in [-0.2, -0.15) is 11.8 Å². The third-order valence-electron chi connectivity index (χ3n) is 2.99. The smallest absolute Gasteiger partial charge is 0.224 e. The van der Waals surface area contributed by atoms with E-state index < -0.39 is 0 Å². The monoisotopic (exact) mass is 319 g/mol. The van der Waals surface area contributed by atoms with Crippen LogP contribution in [0.2, 0.25) is 5.02 Å². The fourth-order valence-electron chi connectivity index (χ4n) is 1.90. The van der Waals surface area contributed by atoms with Crippen LogP contribution in [0.1, 0.15) is 11.1 Å². The van der Waals surface area contributed by atoms with Crippen molar-refractivity contribution in [3.63, 3.8) is 0 Å². The van der Waals surface area contributed by atoms with Crippen LogP contribution in [0, 0.1) is 0 Å². The van der Waals surface area contributed by atoms with Gasteiger partial charge in [-0.1, -0.05) is 60.1 Å². The van der Waals surface area contributed by atoms with E-state index in [9.17, 15) is 4.79 Å². The van der Waals surface area contributed by atoms with E-state index in [-0.39, 0.29) is 5.91 Å². The normalized spacial score (nSPS) is 10.3. The van der Waals surface area contributed by atoms with Crippen LogP contribution in [0.4, 0.5) is 0 Å². The number of halogens is 1. The number of amides is 1. The molecule has 0 fully saturated rings. The largest absolute Gasteiger partial charge is 0.355 e.